The van der Waals surface area contributed by atoms with Gasteiger partial charge < -0.3 is 28.8 Å². The lowest BCUT2D eigenvalue weighted by Gasteiger charge is -2.29. The van der Waals surface area contributed by atoms with E-state index < -0.39 is 26.6 Å². The molecule has 3 unspecified atom stereocenters. The van der Waals surface area contributed by atoms with Crippen LogP contribution in [0.2, 0.25) is 0 Å². The maximum atomic E-state index is 13.0. The summed E-state index contributed by atoms with van der Waals surface area (Å²) in [6.07, 6.45) is 95.3. The van der Waals surface area contributed by atoms with Crippen molar-refractivity contribution >= 4 is 13.7 Å². The van der Waals surface area contributed by atoms with E-state index in [-0.39, 0.29) is 18.9 Å². The molecule has 9 heteroatoms. The van der Waals surface area contributed by atoms with E-state index in [2.05, 4.69) is 153 Å². The third-order valence-corrected chi connectivity index (χ3v) is 15.0. The Balaban J connectivity index is 4.32. The molecule has 2 N–H and O–H groups in total. The molecule has 0 heterocycles. The second kappa shape index (κ2) is 61.9. The number of aliphatic hydroxyl groups is 1. The zero-order chi connectivity index (χ0) is 59.8. The first-order valence-corrected chi connectivity index (χ1v) is 34.7. The van der Waals surface area contributed by atoms with Gasteiger partial charge in [0.15, 0.2) is 0 Å². The van der Waals surface area contributed by atoms with Crippen LogP contribution in [-0.4, -0.2) is 68.5 Å². The number of carbonyl (C=O) groups excluding carboxylic acids is 1. The molecule has 0 aromatic heterocycles. The highest BCUT2D eigenvalue weighted by Gasteiger charge is 2.23. The minimum Gasteiger partial charge on any atom is -0.756 e. The predicted molar refractivity (Wildman–Crippen MR) is 357 cm³/mol. The fraction of sp³-hybridized carbons (Fsp3) is 0.658. The van der Waals surface area contributed by atoms with Crippen LogP contribution in [0.5, 0.6) is 0 Å². The van der Waals surface area contributed by atoms with Crippen LogP contribution in [-0.2, 0) is 18.4 Å². The van der Waals surface area contributed by atoms with Crippen molar-refractivity contribution in [3.05, 3.63) is 146 Å². The lowest BCUT2D eigenvalue weighted by Crippen LogP contribution is -2.45. The van der Waals surface area contributed by atoms with Gasteiger partial charge in [0.05, 0.1) is 39.9 Å². The van der Waals surface area contributed by atoms with Gasteiger partial charge in [0.1, 0.15) is 13.2 Å². The Kier molecular flexibility index (Phi) is 59.2. The quantitative estimate of drug-likeness (QED) is 0.0272. The molecule has 8 nitrogen and oxygen atoms in total. The summed E-state index contributed by atoms with van der Waals surface area (Å²) >= 11 is 0. The van der Waals surface area contributed by atoms with Crippen LogP contribution in [0.15, 0.2) is 146 Å². The number of rotatable bonds is 59. The molecule has 0 bridgehead atoms. The van der Waals surface area contributed by atoms with Gasteiger partial charge in [0.2, 0.25) is 5.91 Å². The number of hydrogen-bond acceptors (Lipinski definition) is 6. The first-order valence-electron chi connectivity index (χ1n) is 33.2. The Morgan fingerprint density at radius 1 is 0.439 bits per heavy atom. The number of phosphoric ester groups is 1. The highest BCUT2D eigenvalue weighted by Crippen LogP contribution is 2.38. The van der Waals surface area contributed by atoms with E-state index in [1.54, 1.807) is 6.08 Å². The number of nitrogens with one attached hydrogen (secondary N) is 1. The maximum Gasteiger partial charge on any atom is 0.268 e. The number of phosphoric acid groups is 1. The Labute approximate surface area is 506 Å². The highest BCUT2D eigenvalue weighted by atomic mass is 31.2. The van der Waals surface area contributed by atoms with Gasteiger partial charge in [-0.3, -0.25) is 9.36 Å². The van der Waals surface area contributed by atoms with Gasteiger partial charge in [-0.15, -0.1) is 0 Å². The van der Waals surface area contributed by atoms with Crippen molar-refractivity contribution in [1.82, 2.24) is 5.32 Å². The molecule has 0 saturated carbocycles. The second-order valence-corrected chi connectivity index (χ2v) is 24.5. The zero-order valence-corrected chi connectivity index (χ0v) is 54.3. The number of aliphatic hydroxyl groups excluding tert-OH is 1. The molecule has 0 aromatic rings. The topological polar surface area (TPSA) is 108 Å². The summed E-state index contributed by atoms with van der Waals surface area (Å²) in [6, 6.07) is -0.941. The normalized spacial score (nSPS) is 14.7. The third-order valence-electron chi connectivity index (χ3n) is 14.0. The van der Waals surface area contributed by atoms with Gasteiger partial charge in [-0.2, -0.15) is 0 Å². The van der Waals surface area contributed by atoms with Gasteiger partial charge in [0, 0.05) is 6.42 Å². The van der Waals surface area contributed by atoms with Crippen molar-refractivity contribution < 1.29 is 32.9 Å². The van der Waals surface area contributed by atoms with Crippen LogP contribution in [0.4, 0.5) is 0 Å². The molecule has 468 valence electrons. The standard InChI is InChI=1S/C73H125N2O6P/c1-6-8-10-12-14-16-18-20-22-24-26-28-30-32-34-36-37-39-41-43-45-47-49-51-53-55-57-59-61-63-65-67-73(77)74-71(70-81-82(78,79)80-69-68-75(3,4)5)72(76)66-64-62-60-58-56-54-52-50-48-46-44-42-40-38-35-33-31-29-27-25-23-21-19-17-15-13-11-9-7-2/h8,10,14,16,20,22,26,28,32,34,37,39,43,45,48-51,55-58,64,66,71-72,76H,6-7,9,11-13,15,17-19,21,23-25,27,29-31,33,35-36,38,40-42,44,46-47,52-54,59-63,65,67-70H2,1-5H3,(H-,74,77,78,79)/b10-8-,16-14-,22-20-,28-26-,34-32-,39-37-,45-43-,50-48+,51-49-,57-55-,58-56+,66-64+. The predicted octanol–water partition coefficient (Wildman–Crippen LogP) is 20.6. The number of quaternary nitrogens is 1. The number of amides is 1. The lowest BCUT2D eigenvalue weighted by molar-refractivity contribution is -0.870. The van der Waals surface area contributed by atoms with Crippen molar-refractivity contribution in [1.29, 1.82) is 0 Å². The number of unbranched alkanes of at least 4 members (excludes halogenated alkanes) is 24. The Morgan fingerprint density at radius 2 is 0.756 bits per heavy atom. The smallest absolute Gasteiger partial charge is 0.268 e. The monoisotopic (exact) mass is 1160 g/mol. The van der Waals surface area contributed by atoms with Crippen molar-refractivity contribution in [3.63, 3.8) is 0 Å². The number of likely N-dealkylation sites (N-methyl/N-ethyl adjacent to an activating group) is 1. The summed E-state index contributed by atoms with van der Waals surface area (Å²) in [5, 5.41) is 13.9. The third kappa shape index (κ3) is 64.0. The van der Waals surface area contributed by atoms with E-state index >= 15 is 0 Å². The second-order valence-electron chi connectivity index (χ2n) is 23.1. The van der Waals surface area contributed by atoms with Crippen LogP contribution < -0.4 is 10.2 Å². The minimum absolute atomic E-state index is 0.0243. The summed E-state index contributed by atoms with van der Waals surface area (Å²) in [7, 11) is 1.19. The molecule has 0 aliphatic heterocycles. The van der Waals surface area contributed by atoms with Crippen LogP contribution in [0.1, 0.15) is 258 Å². The first kappa shape index (κ1) is 78.4. The Morgan fingerprint density at radius 3 is 1.13 bits per heavy atom. The van der Waals surface area contributed by atoms with Crippen molar-refractivity contribution in [2.75, 3.05) is 40.9 Å². The summed E-state index contributed by atoms with van der Waals surface area (Å²) in [5.74, 6) is -0.248. The molecule has 0 radical (unpaired) electrons. The van der Waals surface area contributed by atoms with Crippen LogP contribution in [0, 0.1) is 0 Å². The molecule has 0 aliphatic carbocycles. The van der Waals surface area contributed by atoms with E-state index in [0.717, 1.165) is 96.3 Å². The Bertz CT molecular complexity index is 1840. The van der Waals surface area contributed by atoms with Gasteiger partial charge in [0.25, 0.3) is 7.82 Å². The minimum atomic E-state index is -4.64. The SMILES string of the molecule is CC/C=C\C/C=C\C/C=C\C/C=C\C/C=C\C/C=C\C/C=C\C/C=C\C/C=C\CCCCCC(=O)NC(COP(=O)([O-])OCC[N+](C)(C)C)C(O)/C=C/CC/C=C/CC/C=C/CCCCCCCCCCCCCCCCCCCCC. The maximum absolute atomic E-state index is 13.0. The molecule has 3 atom stereocenters. The summed E-state index contributed by atoms with van der Waals surface area (Å²) < 4.78 is 23.4. The fourth-order valence-electron chi connectivity index (χ4n) is 8.88. The van der Waals surface area contributed by atoms with Gasteiger partial charge in [-0.05, 0) is 116 Å². The number of nitrogens with zero attached hydrogens (tertiary/aromatic N) is 1. The number of allylic oxidation sites excluding steroid dienone is 23. The average Bonchev–Trinajstić information content (AvgIpc) is 3.47. The largest absolute Gasteiger partial charge is 0.756 e. The van der Waals surface area contributed by atoms with Gasteiger partial charge in [-0.25, -0.2) is 0 Å². The van der Waals surface area contributed by atoms with E-state index in [4.69, 9.17) is 9.05 Å². The van der Waals surface area contributed by atoms with Gasteiger partial charge in [-0.1, -0.05) is 282 Å². The van der Waals surface area contributed by atoms with Gasteiger partial charge >= 0.3 is 0 Å². The number of hydrogen-bond donors (Lipinski definition) is 2. The Hall–Kier alpha value is -3.62. The van der Waals surface area contributed by atoms with Crippen molar-refractivity contribution in [2.24, 2.45) is 0 Å². The van der Waals surface area contributed by atoms with E-state index in [1.165, 1.54) is 128 Å². The fourth-order valence-corrected chi connectivity index (χ4v) is 9.61. The average molecular weight is 1160 g/mol. The molecule has 0 fully saturated rings. The molecule has 1 amide bonds. The highest BCUT2D eigenvalue weighted by molar-refractivity contribution is 7.45. The molecule has 82 heavy (non-hydrogen) atoms. The summed E-state index contributed by atoms with van der Waals surface area (Å²) in [5.41, 5.74) is 0. The van der Waals surface area contributed by atoms with E-state index in [1.807, 2.05) is 27.2 Å². The molecular weight excluding hydrogens is 1030 g/mol. The molecule has 0 aromatic carbocycles. The van der Waals surface area contributed by atoms with Crippen LogP contribution in [0.3, 0.4) is 0 Å². The van der Waals surface area contributed by atoms with E-state index in [9.17, 15) is 19.4 Å². The first-order chi connectivity index (χ1) is 40.0. The zero-order valence-electron chi connectivity index (χ0n) is 53.4. The van der Waals surface area contributed by atoms with E-state index in [0.29, 0.717) is 23.9 Å². The molecule has 0 rings (SSSR count). The molecule has 0 aliphatic rings. The number of carbonyl (C=O) groups is 1. The summed E-state index contributed by atoms with van der Waals surface area (Å²) in [4.78, 5) is 25.6. The van der Waals surface area contributed by atoms with Crippen LogP contribution in [0.25, 0.3) is 0 Å². The van der Waals surface area contributed by atoms with Crippen molar-refractivity contribution in [3.8, 4) is 0 Å². The lowest BCUT2D eigenvalue weighted by atomic mass is 10.0. The molecular formula is C73H125N2O6P. The van der Waals surface area contributed by atoms with Crippen molar-refractivity contribution in [2.45, 2.75) is 270 Å². The van der Waals surface area contributed by atoms with Crippen LogP contribution >= 0.6 is 7.82 Å². The molecule has 0 saturated heterocycles. The molecule has 0 spiro atoms. The summed E-state index contributed by atoms with van der Waals surface area (Å²) in [6.45, 7) is 4.48.